The van der Waals surface area contributed by atoms with E-state index in [1.54, 1.807) is 42.4 Å². The van der Waals surface area contributed by atoms with Gasteiger partial charge in [-0.25, -0.2) is 4.79 Å². The molecule has 0 spiro atoms. The number of halogens is 1. The van der Waals surface area contributed by atoms with Crippen LogP contribution >= 0.6 is 11.6 Å². The number of hydrogen-bond acceptors (Lipinski definition) is 5. The van der Waals surface area contributed by atoms with E-state index < -0.39 is 12.4 Å². The van der Waals surface area contributed by atoms with E-state index in [-0.39, 0.29) is 16.7 Å². The fourth-order valence-electron chi connectivity index (χ4n) is 3.08. The molecule has 0 aromatic heterocycles. The van der Waals surface area contributed by atoms with Gasteiger partial charge in [-0.2, -0.15) is 0 Å². The number of methoxy groups -OCH3 is 1. The summed E-state index contributed by atoms with van der Waals surface area (Å²) in [7, 11) is 1.42. The number of carbonyl (C=O) groups excluding carboxylic acids is 2. The van der Waals surface area contributed by atoms with Crippen LogP contribution in [0, 0.1) is 5.92 Å². The fraction of sp³-hybridized carbons (Fsp3) is 0.375. The number of benzene rings is 1. The summed E-state index contributed by atoms with van der Waals surface area (Å²) in [5.41, 5.74) is 1.26. The van der Waals surface area contributed by atoms with E-state index in [0.29, 0.717) is 17.7 Å². The van der Waals surface area contributed by atoms with Gasteiger partial charge in [0.05, 0.1) is 17.2 Å². The van der Waals surface area contributed by atoms with Gasteiger partial charge in [-0.15, -0.1) is 0 Å². The predicted molar refractivity (Wildman–Crippen MR) is 118 cm³/mol. The van der Waals surface area contributed by atoms with Crippen LogP contribution in [0.1, 0.15) is 38.2 Å². The summed E-state index contributed by atoms with van der Waals surface area (Å²) >= 11 is 6.08. The summed E-state index contributed by atoms with van der Waals surface area (Å²) in [5, 5.41) is 10.3. The lowest BCUT2D eigenvalue weighted by molar-refractivity contribution is -0.111. The van der Waals surface area contributed by atoms with Gasteiger partial charge in [0.1, 0.15) is 11.7 Å². The van der Waals surface area contributed by atoms with E-state index in [4.69, 9.17) is 21.1 Å². The van der Waals surface area contributed by atoms with E-state index in [0.717, 1.165) is 30.9 Å². The van der Waals surface area contributed by atoms with Crippen LogP contribution < -0.4 is 4.74 Å². The molecule has 0 aliphatic heterocycles. The van der Waals surface area contributed by atoms with Crippen LogP contribution in [0.25, 0.3) is 6.08 Å². The van der Waals surface area contributed by atoms with Crippen molar-refractivity contribution in [3.05, 3.63) is 64.7 Å². The van der Waals surface area contributed by atoms with Gasteiger partial charge < -0.3 is 14.6 Å². The zero-order valence-electron chi connectivity index (χ0n) is 17.2. The second kappa shape index (κ2) is 12.3. The van der Waals surface area contributed by atoms with Crippen LogP contribution in [0.3, 0.4) is 0 Å². The molecule has 0 saturated carbocycles. The Labute approximate surface area is 182 Å². The van der Waals surface area contributed by atoms with Gasteiger partial charge in [0, 0.05) is 18.6 Å². The van der Waals surface area contributed by atoms with E-state index in [1.807, 2.05) is 12.1 Å². The second-order valence-corrected chi connectivity index (χ2v) is 7.40. The number of Topliss-reactive ketones (excluding diaryl/α,β-unsaturated/α-hetero) is 1. The Morgan fingerprint density at radius 2 is 2.13 bits per heavy atom. The first-order chi connectivity index (χ1) is 14.5. The van der Waals surface area contributed by atoms with Gasteiger partial charge in [-0.05, 0) is 30.2 Å². The highest BCUT2D eigenvalue weighted by atomic mass is 35.5. The molecule has 2 rings (SSSR count). The summed E-state index contributed by atoms with van der Waals surface area (Å²) in [4.78, 5) is 23.0. The average Bonchev–Trinajstić information content (AvgIpc) is 3.00. The van der Waals surface area contributed by atoms with Crippen molar-refractivity contribution in [3.8, 4) is 5.75 Å². The Bertz CT molecular complexity index is 864. The Morgan fingerprint density at radius 1 is 1.33 bits per heavy atom. The third kappa shape index (κ3) is 7.12. The van der Waals surface area contributed by atoms with Crippen LogP contribution in [0.4, 0.5) is 0 Å². The molecule has 6 heteroatoms. The highest BCUT2D eigenvalue weighted by Crippen LogP contribution is 2.32. The number of unbranched alkanes of at least 4 members (excludes halogenated alkanes) is 2. The minimum atomic E-state index is -0.848. The minimum absolute atomic E-state index is 0.166. The number of ketones is 1. The Hall–Kier alpha value is -2.43. The van der Waals surface area contributed by atoms with Crippen molar-refractivity contribution in [1.29, 1.82) is 0 Å². The van der Waals surface area contributed by atoms with Crippen LogP contribution in [0.2, 0.25) is 0 Å². The molecule has 5 nitrogen and oxygen atoms in total. The predicted octanol–water partition coefficient (Wildman–Crippen LogP) is 4.63. The van der Waals surface area contributed by atoms with Crippen molar-refractivity contribution < 1.29 is 24.2 Å². The quantitative estimate of drug-likeness (QED) is 0.182. The number of aliphatic hydroxyl groups excluding tert-OH is 1. The highest BCUT2D eigenvalue weighted by molar-refractivity contribution is 6.46. The molecule has 30 heavy (non-hydrogen) atoms. The Balaban J connectivity index is 2.18. The molecule has 0 fully saturated rings. The van der Waals surface area contributed by atoms with Crippen LogP contribution in [-0.2, 0) is 14.3 Å². The third-order valence-electron chi connectivity index (χ3n) is 4.68. The van der Waals surface area contributed by atoms with E-state index in [1.165, 1.54) is 7.11 Å². The van der Waals surface area contributed by atoms with Gasteiger partial charge in [0.15, 0.2) is 0 Å². The van der Waals surface area contributed by atoms with Crippen molar-refractivity contribution in [1.82, 2.24) is 0 Å². The monoisotopic (exact) mass is 430 g/mol. The van der Waals surface area contributed by atoms with Crippen molar-refractivity contribution in [2.24, 2.45) is 5.92 Å². The topological polar surface area (TPSA) is 72.8 Å². The van der Waals surface area contributed by atoms with Crippen molar-refractivity contribution in [3.63, 3.8) is 0 Å². The molecule has 1 aliphatic carbocycles. The van der Waals surface area contributed by atoms with Gasteiger partial charge >= 0.3 is 0 Å². The fourth-order valence-corrected chi connectivity index (χ4v) is 3.32. The maximum absolute atomic E-state index is 12.5. The van der Waals surface area contributed by atoms with Crippen LogP contribution in [0.5, 0.6) is 5.75 Å². The molecule has 1 aliphatic rings. The lowest BCUT2D eigenvalue weighted by Crippen LogP contribution is -2.15. The van der Waals surface area contributed by atoms with Crippen LogP contribution in [0.15, 0.2) is 59.2 Å². The molecule has 0 saturated heterocycles. The summed E-state index contributed by atoms with van der Waals surface area (Å²) in [6, 6.07) is 7.06. The highest BCUT2D eigenvalue weighted by Gasteiger charge is 2.27. The maximum Gasteiger partial charge on any atom is 0.230 e. The molecule has 0 bridgehead atoms. The minimum Gasteiger partial charge on any atom is -0.460 e. The summed E-state index contributed by atoms with van der Waals surface area (Å²) in [6.45, 7) is 2.12. The Kier molecular flexibility index (Phi) is 9.78. The number of rotatable bonds is 11. The zero-order chi connectivity index (χ0) is 21.9. The van der Waals surface area contributed by atoms with E-state index in [2.05, 4.69) is 6.92 Å². The SMILES string of the molecule is CCCCCC(O)C=CC1C=C(Cl)C(=O)C1=Cc1cccc(OC(C=C=O)OC)c1. The van der Waals surface area contributed by atoms with Gasteiger partial charge in [-0.3, -0.25) is 4.79 Å². The second-order valence-electron chi connectivity index (χ2n) is 7.00. The number of ether oxygens (including phenoxy) is 2. The van der Waals surface area contributed by atoms with Crippen molar-refractivity contribution >= 4 is 29.4 Å². The first-order valence-electron chi connectivity index (χ1n) is 9.99. The first kappa shape index (κ1) is 23.8. The molecule has 1 N–H and O–H groups in total. The maximum atomic E-state index is 12.5. The summed E-state index contributed by atoms with van der Waals surface area (Å²) in [6.07, 6.45) is 10.5. The molecule has 1 aromatic carbocycles. The van der Waals surface area contributed by atoms with Crippen LogP contribution in [-0.4, -0.2) is 36.3 Å². The lowest BCUT2D eigenvalue weighted by Gasteiger charge is -2.13. The standard InChI is InChI=1S/C24H27ClO5/c1-3-4-5-8-19(27)11-10-18-16-22(25)24(28)21(18)15-17-7-6-9-20(14-17)30-23(29-2)12-13-26/h6-7,9-12,14-16,18-19,23,27H,3-5,8H2,1-2H3. The van der Waals surface area contributed by atoms with Crippen molar-refractivity contribution in [2.75, 3.05) is 7.11 Å². The summed E-state index contributed by atoms with van der Waals surface area (Å²) in [5.74, 6) is 1.57. The average molecular weight is 431 g/mol. The van der Waals surface area contributed by atoms with Gasteiger partial charge in [0.25, 0.3) is 0 Å². The smallest absolute Gasteiger partial charge is 0.230 e. The first-order valence-corrected chi connectivity index (χ1v) is 10.4. The molecule has 0 radical (unpaired) electrons. The molecular formula is C24H27ClO5. The summed E-state index contributed by atoms with van der Waals surface area (Å²) < 4.78 is 10.6. The number of carbonyl (C=O) groups is 1. The van der Waals surface area contributed by atoms with E-state index >= 15 is 0 Å². The number of aliphatic hydroxyl groups is 1. The largest absolute Gasteiger partial charge is 0.460 e. The Morgan fingerprint density at radius 3 is 2.83 bits per heavy atom. The van der Waals surface area contributed by atoms with Gasteiger partial charge in [0.2, 0.25) is 12.1 Å². The van der Waals surface area contributed by atoms with Crippen molar-refractivity contribution in [2.45, 2.75) is 45.0 Å². The zero-order valence-corrected chi connectivity index (χ0v) is 18.0. The molecule has 160 valence electrons. The molecule has 1 aromatic rings. The van der Waals surface area contributed by atoms with E-state index in [9.17, 15) is 14.7 Å². The molecule has 0 amide bonds. The lowest BCUT2D eigenvalue weighted by atomic mass is 9.97. The third-order valence-corrected chi connectivity index (χ3v) is 4.97. The molecular weight excluding hydrogens is 404 g/mol. The number of hydrogen-bond donors (Lipinski definition) is 1. The van der Waals surface area contributed by atoms with Gasteiger partial charge in [-0.1, -0.05) is 68.1 Å². The molecule has 0 heterocycles. The molecule has 3 unspecified atom stereocenters. The normalized spacial score (nSPS) is 19.6. The molecule has 3 atom stereocenters. The number of allylic oxidation sites excluding steroid dienone is 4.